The highest BCUT2D eigenvalue weighted by atomic mass is 31.2. The lowest BCUT2D eigenvalue weighted by atomic mass is 10.0. The average Bonchev–Trinajstić information content (AvgIpc) is 3.33. The van der Waals surface area contributed by atoms with Crippen LogP contribution in [0.4, 0.5) is 0 Å². The molecule has 3 unspecified atom stereocenters. The van der Waals surface area contributed by atoms with Gasteiger partial charge in [0.25, 0.3) is 7.82 Å². The number of phosphoric acid groups is 1. The number of rotatable bonds is 52. The molecular weight excluding hydrogens is 900 g/mol. The highest BCUT2D eigenvalue weighted by molar-refractivity contribution is 7.45. The van der Waals surface area contributed by atoms with Gasteiger partial charge in [0, 0.05) is 6.42 Å². The average molecular weight is 1010 g/mol. The number of unbranched alkanes of at least 4 members (excludes halogenated alkanes) is 25. The van der Waals surface area contributed by atoms with Crippen molar-refractivity contribution in [3.8, 4) is 0 Å². The Morgan fingerprint density at radius 1 is 0.507 bits per heavy atom. The van der Waals surface area contributed by atoms with Crippen molar-refractivity contribution in [3.05, 3.63) is 97.2 Å². The summed E-state index contributed by atoms with van der Waals surface area (Å²) >= 11 is 0. The zero-order valence-electron chi connectivity index (χ0n) is 46.6. The van der Waals surface area contributed by atoms with Crippen LogP contribution < -0.4 is 10.2 Å². The van der Waals surface area contributed by atoms with E-state index in [-0.39, 0.29) is 19.1 Å². The molecule has 0 saturated heterocycles. The number of nitrogens with one attached hydrogen (secondary N) is 1. The van der Waals surface area contributed by atoms with E-state index in [1.807, 2.05) is 27.2 Å². The van der Waals surface area contributed by atoms with Gasteiger partial charge in [-0.3, -0.25) is 9.36 Å². The van der Waals surface area contributed by atoms with Crippen LogP contribution in [-0.4, -0.2) is 68.5 Å². The normalized spacial score (nSPS) is 14.6. The molecule has 0 saturated carbocycles. The summed E-state index contributed by atoms with van der Waals surface area (Å²) in [7, 11) is 1.24. The van der Waals surface area contributed by atoms with Crippen LogP contribution in [0.1, 0.15) is 239 Å². The number of aliphatic hydroxyl groups excluding tert-OH is 1. The Morgan fingerprint density at radius 2 is 0.859 bits per heavy atom. The van der Waals surface area contributed by atoms with Crippen molar-refractivity contribution < 1.29 is 32.9 Å². The smallest absolute Gasteiger partial charge is 0.268 e. The van der Waals surface area contributed by atoms with Crippen molar-refractivity contribution in [1.29, 1.82) is 0 Å². The minimum atomic E-state index is -4.61. The molecule has 2 N–H and O–H groups in total. The Balaban J connectivity index is 4.27. The first kappa shape index (κ1) is 68.4. The van der Waals surface area contributed by atoms with Crippen molar-refractivity contribution in [3.63, 3.8) is 0 Å². The number of phosphoric ester groups is 1. The number of nitrogens with zero attached hydrogens (tertiary/aromatic N) is 1. The van der Waals surface area contributed by atoms with E-state index in [0.717, 1.165) is 96.3 Å². The van der Waals surface area contributed by atoms with Crippen molar-refractivity contribution in [1.82, 2.24) is 5.32 Å². The van der Waals surface area contributed by atoms with Crippen LogP contribution in [0.2, 0.25) is 0 Å². The minimum Gasteiger partial charge on any atom is -0.756 e. The summed E-state index contributed by atoms with van der Waals surface area (Å²) in [6.45, 7) is 4.53. The maximum absolute atomic E-state index is 13.0. The predicted molar refractivity (Wildman–Crippen MR) is 306 cm³/mol. The summed E-state index contributed by atoms with van der Waals surface area (Å²) in [6, 6.07) is -0.900. The highest BCUT2D eigenvalue weighted by Gasteiger charge is 2.23. The second-order valence-electron chi connectivity index (χ2n) is 20.6. The lowest BCUT2D eigenvalue weighted by Crippen LogP contribution is -2.45. The molecule has 9 heteroatoms. The van der Waals surface area contributed by atoms with Gasteiger partial charge in [0.2, 0.25) is 5.91 Å². The molecule has 8 nitrogen and oxygen atoms in total. The molecule has 0 aliphatic rings. The summed E-state index contributed by atoms with van der Waals surface area (Å²) in [5, 5.41) is 13.9. The Hall–Kier alpha value is -2.58. The van der Waals surface area contributed by atoms with Crippen molar-refractivity contribution in [2.75, 3.05) is 40.9 Å². The maximum atomic E-state index is 13.0. The molecule has 0 fully saturated rings. The molecule has 0 aliphatic heterocycles. The molecule has 0 spiro atoms. The van der Waals surface area contributed by atoms with Gasteiger partial charge in [-0.25, -0.2) is 0 Å². The topological polar surface area (TPSA) is 108 Å². The molecular formula is C62H111N2O6P. The van der Waals surface area contributed by atoms with Gasteiger partial charge in [0.05, 0.1) is 39.9 Å². The first-order chi connectivity index (χ1) is 34.5. The van der Waals surface area contributed by atoms with Crippen LogP contribution in [0.5, 0.6) is 0 Å². The molecule has 0 radical (unpaired) electrons. The van der Waals surface area contributed by atoms with E-state index in [9.17, 15) is 19.4 Å². The number of carbonyl (C=O) groups excluding carboxylic acids is 1. The fourth-order valence-corrected chi connectivity index (χ4v) is 8.74. The molecule has 71 heavy (non-hydrogen) atoms. The minimum absolute atomic E-state index is 0.00800. The standard InChI is InChI=1S/C62H111N2O6P/c1-6-8-10-12-14-16-18-20-22-24-26-28-29-30-31-32-33-34-35-36-38-40-42-44-46-48-50-52-54-56-62(66)63-60(59-70-71(67,68)69-58-57-64(3,4)5)61(65)55-53-51-49-47-45-43-41-39-37-27-25-23-21-19-17-15-13-11-9-7-2/h8,10,14,16,20,22,26,28,30-31,33-34,36,38,53,55,60-61,65H,6-7,9,11-13,15,17-19,21,23-25,27,29,32,35,37,39-52,54,56-59H2,1-5H3,(H-,63,66,67,68)/b10-8-,16-14-,22-20-,28-26-,31-30-,34-33-,38-36-,55-53+. The largest absolute Gasteiger partial charge is 0.756 e. The molecule has 0 aromatic rings. The molecule has 0 bridgehead atoms. The number of likely N-dealkylation sites (N-methyl/N-ethyl adjacent to an activating group) is 1. The number of allylic oxidation sites excluding steroid dienone is 15. The van der Waals surface area contributed by atoms with Crippen LogP contribution in [0.3, 0.4) is 0 Å². The van der Waals surface area contributed by atoms with E-state index in [1.165, 1.54) is 122 Å². The van der Waals surface area contributed by atoms with E-state index < -0.39 is 20.0 Å². The van der Waals surface area contributed by atoms with Crippen LogP contribution in [0.25, 0.3) is 0 Å². The number of aliphatic hydroxyl groups is 1. The number of hydrogen-bond acceptors (Lipinski definition) is 6. The second kappa shape index (κ2) is 52.3. The maximum Gasteiger partial charge on any atom is 0.268 e. The van der Waals surface area contributed by atoms with Crippen LogP contribution in [0, 0.1) is 0 Å². The molecule has 0 heterocycles. The first-order valence-electron chi connectivity index (χ1n) is 29.1. The number of carbonyl (C=O) groups is 1. The van der Waals surface area contributed by atoms with Gasteiger partial charge in [-0.15, -0.1) is 0 Å². The lowest BCUT2D eigenvalue weighted by Gasteiger charge is -2.29. The van der Waals surface area contributed by atoms with Gasteiger partial charge in [0.1, 0.15) is 13.2 Å². The Labute approximate surface area is 439 Å². The van der Waals surface area contributed by atoms with Gasteiger partial charge < -0.3 is 28.8 Å². The summed E-state index contributed by atoms with van der Waals surface area (Å²) in [4.78, 5) is 25.5. The fraction of sp³-hybridized carbons (Fsp3) is 0.726. The van der Waals surface area contributed by atoms with E-state index in [2.05, 4.69) is 104 Å². The van der Waals surface area contributed by atoms with E-state index in [1.54, 1.807) is 6.08 Å². The van der Waals surface area contributed by atoms with Gasteiger partial charge in [0.15, 0.2) is 0 Å². The molecule has 410 valence electrons. The van der Waals surface area contributed by atoms with Crippen LogP contribution in [0.15, 0.2) is 97.2 Å². The molecule has 0 aromatic heterocycles. The second-order valence-corrected chi connectivity index (χ2v) is 22.0. The summed E-state index contributed by atoms with van der Waals surface area (Å²) in [6.07, 6.45) is 74.7. The van der Waals surface area contributed by atoms with Crippen LogP contribution in [-0.2, 0) is 18.4 Å². The van der Waals surface area contributed by atoms with Gasteiger partial charge >= 0.3 is 0 Å². The number of amides is 1. The molecule has 0 aliphatic carbocycles. The van der Waals surface area contributed by atoms with E-state index in [4.69, 9.17) is 9.05 Å². The lowest BCUT2D eigenvalue weighted by molar-refractivity contribution is -0.870. The summed E-state index contributed by atoms with van der Waals surface area (Å²) in [5.74, 6) is -0.211. The quantitative estimate of drug-likeness (QED) is 0.0272. The molecule has 0 rings (SSSR count). The fourth-order valence-electron chi connectivity index (χ4n) is 8.02. The third-order valence-electron chi connectivity index (χ3n) is 12.5. The van der Waals surface area contributed by atoms with Crippen molar-refractivity contribution in [2.45, 2.75) is 251 Å². The zero-order chi connectivity index (χ0) is 52.0. The Morgan fingerprint density at radius 3 is 1.25 bits per heavy atom. The Kier molecular flexibility index (Phi) is 50.4. The SMILES string of the molecule is CC/C=C\C/C=C\C/C=C\C/C=C\C/C=C\C/C=C\C/C=C\CCCCCCCCCC(=O)NC(COP(=O)([O-])OCC[N+](C)(C)C)C(O)/C=C/CCCCCCCCCCCCCCCCCCCC. The van der Waals surface area contributed by atoms with Crippen molar-refractivity contribution in [2.24, 2.45) is 0 Å². The molecule has 0 aromatic carbocycles. The van der Waals surface area contributed by atoms with E-state index >= 15 is 0 Å². The summed E-state index contributed by atoms with van der Waals surface area (Å²) < 4.78 is 23.4. The third kappa shape index (κ3) is 55.0. The predicted octanol–water partition coefficient (Wildman–Crippen LogP) is 17.2. The zero-order valence-corrected chi connectivity index (χ0v) is 47.5. The monoisotopic (exact) mass is 1010 g/mol. The highest BCUT2D eigenvalue weighted by Crippen LogP contribution is 2.38. The first-order valence-corrected chi connectivity index (χ1v) is 30.6. The number of hydrogen-bond donors (Lipinski definition) is 2. The van der Waals surface area contributed by atoms with Gasteiger partial charge in [-0.2, -0.15) is 0 Å². The molecule has 1 amide bonds. The third-order valence-corrected chi connectivity index (χ3v) is 13.5. The van der Waals surface area contributed by atoms with Gasteiger partial charge in [-0.05, 0) is 77.0 Å². The van der Waals surface area contributed by atoms with Crippen molar-refractivity contribution >= 4 is 13.7 Å². The molecule has 3 atom stereocenters. The summed E-state index contributed by atoms with van der Waals surface area (Å²) in [5.41, 5.74) is 0. The Bertz CT molecular complexity index is 1470. The number of quaternary nitrogens is 1. The van der Waals surface area contributed by atoms with Gasteiger partial charge in [-0.1, -0.05) is 252 Å². The van der Waals surface area contributed by atoms with Crippen LogP contribution >= 0.6 is 7.82 Å². The van der Waals surface area contributed by atoms with E-state index in [0.29, 0.717) is 17.4 Å².